The average molecular weight is 545 g/mol. The minimum absolute atomic E-state index is 0.0405. The predicted molar refractivity (Wildman–Crippen MR) is 146 cm³/mol. The smallest absolute Gasteiger partial charge is 0.298 e. The van der Waals surface area contributed by atoms with Crippen LogP contribution < -0.4 is 19.9 Å². The van der Waals surface area contributed by atoms with Gasteiger partial charge in [0, 0.05) is 49.7 Å². The summed E-state index contributed by atoms with van der Waals surface area (Å²) in [6, 6.07) is 13.0. The van der Waals surface area contributed by atoms with Gasteiger partial charge in [0.2, 0.25) is 5.95 Å². The van der Waals surface area contributed by atoms with E-state index in [0.717, 1.165) is 23.8 Å². The number of fused-ring (bicyclic) bond motifs is 3. The molecule has 40 heavy (non-hydrogen) atoms. The van der Waals surface area contributed by atoms with Gasteiger partial charge in [-0.2, -0.15) is 0 Å². The third-order valence-corrected chi connectivity index (χ3v) is 7.36. The third kappa shape index (κ3) is 4.63. The maximum absolute atomic E-state index is 13.9. The lowest BCUT2D eigenvalue weighted by molar-refractivity contribution is -0.112. The molecule has 11 heteroatoms. The molecule has 1 saturated heterocycles. The van der Waals surface area contributed by atoms with E-state index in [-0.39, 0.29) is 11.7 Å². The van der Waals surface area contributed by atoms with Gasteiger partial charge in [0.1, 0.15) is 23.9 Å². The van der Waals surface area contributed by atoms with Crippen LogP contribution in [0.15, 0.2) is 60.9 Å². The number of rotatable bonds is 5. The standard InChI is InChI=1S/C29H26F2N6O3/c1-17-10-23(18-4-3-5-19(30)11-18)26(35(17)2)27(38)28(39)34-21-6-7-24-25(12-21)40-16-22-15-36(8-9-37(22)24)29-32-13-20(31)14-33-29/h3-7,10-14,22H,8-9,15-16H2,1-2H3,(H,34,39)/t22-/m1/s1. The number of nitrogens with zero attached hydrogens (tertiary/aromatic N) is 5. The molecule has 0 unspecified atom stereocenters. The first-order valence-corrected chi connectivity index (χ1v) is 12.8. The SMILES string of the molecule is Cc1cc(-c2cccc(F)c2)c(C(=O)C(=O)Nc2ccc3c(c2)OC[C@H]2CN(c4ncc(F)cn4)CCN32)n1C. The molecule has 1 amide bonds. The molecule has 2 aromatic carbocycles. The van der Waals surface area contributed by atoms with Crippen molar-refractivity contribution in [3.8, 4) is 16.9 Å². The topological polar surface area (TPSA) is 92.6 Å². The van der Waals surface area contributed by atoms with Crippen LogP contribution in [0.3, 0.4) is 0 Å². The molecule has 0 aliphatic carbocycles. The number of ketones is 1. The van der Waals surface area contributed by atoms with Crippen molar-refractivity contribution in [3.05, 3.63) is 83.9 Å². The summed E-state index contributed by atoms with van der Waals surface area (Å²) in [6.45, 7) is 4.17. The Bertz CT molecular complexity index is 1620. The number of hydrogen-bond donors (Lipinski definition) is 1. The zero-order chi connectivity index (χ0) is 28.0. The van der Waals surface area contributed by atoms with Crippen molar-refractivity contribution < 1.29 is 23.1 Å². The second-order valence-electron chi connectivity index (χ2n) is 9.89. The maximum atomic E-state index is 13.9. The lowest BCUT2D eigenvalue weighted by Gasteiger charge is -2.45. The number of aromatic nitrogens is 3. The number of nitrogens with one attached hydrogen (secondary N) is 1. The summed E-state index contributed by atoms with van der Waals surface area (Å²) < 4.78 is 34.8. The van der Waals surface area contributed by atoms with Crippen LogP contribution in [0, 0.1) is 18.6 Å². The Morgan fingerprint density at radius 1 is 1.02 bits per heavy atom. The van der Waals surface area contributed by atoms with E-state index in [4.69, 9.17) is 4.74 Å². The monoisotopic (exact) mass is 544 g/mol. The Morgan fingerprint density at radius 2 is 1.82 bits per heavy atom. The third-order valence-electron chi connectivity index (χ3n) is 7.36. The highest BCUT2D eigenvalue weighted by Crippen LogP contribution is 2.38. The van der Waals surface area contributed by atoms with Crippen LogP contribution in [0.5, 0.6) is 5.75 Å². The fourth-order valence-electron chi connectivity index (χ4n) is 5.27. The summed E-state index contributed by atoms with van der Waals surface area (Å²) in [7, 11) is 1.70. The lowest BCUT2D eigenvalue weighted by Crippen LogP contribution is -2.57. The summed E-state index contributed by atoms with van der Waals surface area (Å²) in [6.07, 6.45) is 2.31. The van der Waals surface area contributed by atoms with Crippen molar-refractivity contribution >= 4 is 29.0 Å². The minimum Gasteiger partial charge on any atom is -0.489 e. The summed E-state index contributed by atoms with van der Waals surface area (Å²) >= 11 is 0. The molecule has 2 aliphatic heterocycles. The molecule has 6 rings (SSSR count). The Labute approximate surface area is 229 Å². The van der Waals surface area contributed by atoms with E-state index in [9.17, 15) is 18.4 Å². The quantitative estimate of drug-likeness (QED) is 0.300. The molecule has 4 heterocycles. The highest BCUT2D eigenvalue weighted by Gasteiger charge is 2.34. The van der Waals surface area contributed by atoms with Crippen LogP contribution in [0.25, 0.3) is 11.1 Å². The Hall–Kier alpha value is -4.80. The molecule has 4 aromatic rings. The molecule has 0 saturated carbocycles. The number of carbonyl (C=O) groups excluding carboxylic acids is 2. The van der Waals surface area contributed by atoms with Crippen molar-refractivity contribution in [3.63, 3.8) is 0 Å². The van der Waals surface area contributed by atoms with Crippen molar-refractivity contribution in [1.82, 2.24) is 14.5 Å². The second kappa shape index (κ2) is 10.1. The predicted octanol–water partition coefficient (Wildman–Crippen LogP) is 3.98. The molecule has 0 bridgehead atoms. The van der Waals surface area contributed by atoms with Gasteiger partial charge in [-0.3, -0.25) is 9.59 Å². The van der Waals surface area contributed by atoms with Gasteiger partial charge in [-0.15, -0.1) is 0 Å². The van der Waals surface area contributed by atoms with E-state index in [1.165, 1.54) is 12.1 Å². The zero-order valence-corrected chi connectivity index (χ0v) is 21.9. The Balaban J connectivity index is 1.18. The highest BCUT2D eigenvalue weighted by atomic mass is 19.1. The number of benzene rings is 2. The number of anilines is 3. The number of carbonyl (C=O) groups is 2. The van der Waals surface area contributed by atoms with Crippen LogP contribution >= 0.6 is 0 Å². The number of hydrogen-bond acceptors (Lipinski definition) is 7. The normalized spacial score (nSPS) is 16.1. The van der Waals surface area contributed by atoms with Crippen molar-refractivity contribution in [2.75, 3.05) is 41.4 Å². The van der Waals surface area contributed by atoms with E-state index in [1.807, 2.05) is 17.9 Å². The minimum atomic E-state index is -0.805. The first-order valence-electron chi connectivity index (χ1n) is 12.8. The molecule has 0 radical (unpaired) electrons. The number of amides is 1. The Kier molecular flexibility index (Phi) is 6.41. The van der Waals surface area contributed by atoms with Gasteiger partial charge in [0.25, 0.3) is 11.7 Å². The molecular formula is C29H26F2N6O3. The van der Waals surface area contributed by atoms with Crippen molar-refractivity contribution in [1.29, 1.82) is 0 Å². The fraction of sp³-hybridized carbons (Fsp3) is 0.241. The molecule has 2 aliphatic rings. The lowest BCUT2D eigenvalue weighted by atomic mass is 10.0. The van der Waals surface area contributed by atoms with Crippen LogP contribution in [-0.4, -0.2) is 58.5 Å². The van der Waals surface area contributed by atoms with Crippen LogP contribution in [0.1, 0.15) is 16.2 Å². The Morgan fingerprint density at radius 3 is 2.60 bits per heavy atom. The van der Waals surface area contributed by atoms with Crippen molar-refractivity contribution in [2.45, 2.75) is 13.0 Å². The molecule has 1 atom stereocenters. The van der Waals surface area contributed by atoms with Gasteiger partial charge in [-0.25, -0.2) is 18.7 Å². The van der Waals surface area contributed by atoms with Gasteiger partial charge in [-0.1, -0.05) is 12.1 Å². The number of aryl methyl sites for hydroxylation is 1. The van der Waals surface area contributed by atoms with E-state index < -0.39 is 23.3 Å². The molecule has 1 fully saturated rings. The molecule has 2 aromatic heterocycles. The number of piperazine rings is 1. The van der Waals surface area contributed by atoms with E-state index >= 15 is 0 Å². The molecular weight excluding hydrogens is 518 g/mol. The van der Waals surface area contributed by atoms with Crippen LogP contribution in [0.2, 0.25) is 0 Å². The number of halogens is 2. The average Bonchev–Trinajstić information content (AvgIpc) is 3.26. The van der Waals surface area contributed by atoms with Gasteiger partial charge >= 0.3 is 0 Å². The van der Waals surface area contributed by atoms with E-state index in [2.05, 4.69) is 20.2 Å². The molecule has 204 valence electrons. The van der Waals surface area contributed by atoms with Crippen LogP contribution in [0.4, 0.5) is 26.1 Å². The molecule has 0 spiro atoms. The summed E-state index contributed by atoms with van der Waals surface area (Å²) in [5.41, 5.74) is 3.25. The first-order chi connectivity index (χ1) is 19.3. The van der Waals surface area contributed by atoms with E-state index in [0.29, 0.717) is 54.8 Å². The first kappa shape index (κ1) is 25.5. The van der Waals surface area contributed by atoms with Gasteiger partial charge in [0.05, 0.1) is 24.1 Å². The van der Waals surface area contributed by atoms with Gasteiger partial charge in [-0.05, 0) is 42.8 Å². The zero-order valence-electron chi connectivity index (χ0n) is 21.9. The summed E-state index contributed by atoms with van der Waals surface area (Å²) in [4.78, 5) is 38.8. The summed E-state index contributed by atoms with van der Waals surface area (Å²) in [5, 5.41) is 2.69. The maximum Gasteiger partial charge on any atom is 0.298 e. The van der Waals surface area contributed by atoms with Crippen molar-refractivity contribution in [2.24, 2.45) is 7.05 Å². The molecule has 9 nitrogen and oxygen atoms in total. The largest absolute Gasteiger partial charge is 0.489 e. The van der Waals surface area contributed by atoms with Crippen LogP contribution in [-0.2, 0) is 11.8 Å². The number of Topliss-reactive ketones (excluding diaryl/α,β-unsaturated/α-hetero) is 1. The molecule has 1 N–H and O–H groups in total. The summed E-state index contributed by atoms with van der Waals surface area (Å²) in [5.74, 6) is -1.36. The second-order valence-corrected chi connectivity index (χ2v) is 9.89. The van der Waals surface area contributed by atoms with Gasteiger partial charge < -0.3 is 24.4 Å². The van der Waals surface area contributed by atoms with E-state index in [1.54, 1.807) is 41.9 Å². The highest BCUT2D eigenvalue weighted by molar-refractivity contribution is 6.47. The number of ether oxygens (including phenoxy) is 1. The fourth-order valence-corrected chi connectivity index (χ4v) is 5.27. The van der Waals surface area contributed by atoms with Gasteiger partial charge in [0.15, 0.2) is 5.82 Å².